The van der Waals surface area contributed by atoms with Gasteiger partial charge < -0.3 is 0 Å². The first-order valence-electron chi connectivity index (χ1n) is 5.07. The Kier molecular flexibility index (Phi) is 4.33. The number of aryl methyl sites for hydroxylation is 1. The Hall–Kier alpha value is -0.260. The predicted octanol–water partition coefficient (Wildman–Crippen LogP) is 4.99. The summed E-state index contributed by atoms with van der Waals surface area (Å²) in [6, 6.07) is 4.25. The summed E-state index contributed by atoms with van der Waals surface area (Å²) < 4.78 is 2.70. The maximum absolute atomic E-state index is 4.14. The standard InChI is InChI=1S/C12H9Br3N2/c1-2-7-3-9(13)11(10(14)4-7)8-5-16-12(15)17-6-8/h3-6H,2H2,1H3. The molecule has 1 aromatic heterocycles. The fourth-order valence-corrected chi connectivity index (χ4v) is 3.49. The minimum absolute atomic E-state index is 0.596. The second-order valence-electron chi connectivity index (χ2n) is 3.53. The molecular weight excluding hydrogens is 412 g/mol. The lowest BCUT2D eigenvalue weighted by Crippen LogP contribution is -1.89. The van der Waals surface area contributed by atoms with Gasteiger partial charge in [-0.05, 0) is 40.0 Å². The first kappa shape index (κ1) is 13.2. The molecule has 2 nitrogen and oxygen atoms in total. The maximum Gasteiger partial charge on any atom is 0.196 e. The Balaban J connectivity index is 2.55. The van der Waals surface area contributed by atoms with E-state index in [0.717, 1.165) is 26.5 Å². The number of benzene rings is 1. The van der Waals surface area contributed by atoms with Crippen LogP contribution < -0.4 is 0 Å². The number of aromatic nitrogens is 2. The van der Waals surface area contributed by atoms with Crippen LogP contribution in [0.1, 0.15) is 12.5 Å². The monoisotopic (exact) mass is 418 g/mol. The minimum Gasteiger partial charge on any atom is -0.230 e. The van der Waals surface area contributed by atoms with Crippen LogP contribution in [0.4, 0.5) is 0 Å². The molecule has 5 heteroatoms. The minimum atomic E-state index is 0.596. The summed E-state index contributed by atoms with van der Waals surface area (Å²) in [5.41, 5.74) is 3.34. The van der Waals surface area contributed by atoms with E-state index in [4.69, 9.17) is 0 Å². The van der Waals surface area contributed by atoms with Gasteiger partial charge >= 0.3 is 0 Å². The summed E-state index contributed by atoms with van der Waals surface area (Å²) in [7, 11) is 0. The zero-order valence-corrected chi connectivity index (χ0v) is 13.8. The second kappa shape index (κ2) is 5.59. The zero-order chi connectivity index (χ0) is 12.4. The highest BCUT2D eigenvalue weighted by atomic mass is 79.9. The molecule has 2 rings (SSSR count). The highest BCUT2D eigenvalue weighted by Gasteiger charge is 2.10. The second-order valence-corrected chi connectivity index (χ2v) is 5.95. The molecule has 17 heavy (non-hydrogen) atoms. The smallest absolute Gasteiger partial charge is 0.196 e. The Morgan fingerprint density at radius 2 is 1.53 bits per heavy atom. The van der Waals surface area contributed by atoms with E-state index in [1.54, 1.807) is 12.4 Å². The van der Waals surface area contributed by atoms with Crippen LogP contribution >= 0.6 is 47.8 Å². The van der Waals surface area contributed by atoms with Gasteiger partial charge in [0.1, 0.15) is 0 Å². The predicted molar refractivity (Wildman–Crippen MR) is 79.9 cm³/mol. The summed E-state index contributed by atoms with van der Waals surface area (Å²) in [5, 5.41) is 0. The molecule has 88 valence electrons. The largest absolute Gasteiger partial charge is 0.230 e. The van der Waals surface area contributed by atoms with Crippen molar-refractivity contribution in [3.63, 3.8) is 0 Å². The molecule has 0 aliphatic rings. The third-order valence-corrected chi connectivity index (χ3v) is 4.08. The van der Waals surface area contributed by atoms with Gasteiger partial charge in [0.2, 0.25) is 0 Å². The van der Waals surface area contributed by atoms with Gasteiger partial charge in [-0.1, -0.05) is 38.8 Å². The molecular formula is C12H9Br3N2. The molecule has 1 aromatic carbocycles. The quantitative estimate of drug-likeness (QED) is 0.639. The highest BCUT2D eigenvalue weighted by Crippen LogP contribution is 2.35. The van der Waals surface area contributed by atoms with Gasteiger partial charge in [-0.2, -0.15) is 0 Å². The van der Waals surface area contributed by atoms with E-state index < -0.39 is 0 Å². The molecule has 0 saturated heterocycles. The third kappa shape index (κ3) is 2.95. The Bertz CT molecular complexity index is 515. The van der Waals surface area contributed by atoms with Gasteiger partial charge in [-0.15, -0.1) is 0 Å². The van der Waals surface area contributed by atoms with E-state index >= 15 is 0 Å². The third-order valence-electron chi connectivity index (χ3n) is 2.42. The van der Waals surface area contributed by atoms with E-state index in [9.17, 15) is 0 Å². The maximum atomic E-state index is 4.14. The van der Waals surface area contributed by atoms with Gasteiger partial charge in [0, 0.05) is 32.5 Å². The van der Waals surface area contributed by atoms with Gasteiger partial charge in [-0.3, -0.25) is 0 Å². The van der Waals surface area contributed by atoms with Gasteiger partial charge in [0.05, 0.1) is 0 Å². The van der Waals surface area contributed by atoms with Crippen LogP contribution in [0.25, 0.3) is 11.1 Å². The van der Waals surface area contributed by atoms with Crippen molar-refractivity contribution in [1.82, 2.24) is 9.97 Å². The topological polar surface area (TPSA) is 25.8 Å². The van der Waals surface area contributed by atoms with Crippen molar-refractivity contribution < 1.29 is 0 Å². The fourth-order valence-electron chi connectivity index (χ4n) is 1.55. The van der Waals surface area contributed by atoms with Gasteiger partial charge in [0.15, 0.2) is 4.73 Å². The van der Waals surface area contributed by atoms with Crippen LogP contribution in [0.3, 0.4) is 0 Å². The average molecular weight is 421 g/mol. The molecule has 0 saturated carbocycles. The summed E-state index contributed by atoms with van der Waals surface area (Å²) in [6.07, 6.45) is 4.61. The van der Waals surface area contributed by atoms with E-state index in [2.05, 4.69) is 76.8 Å². The van der Waals surface area contributed by atoms with Crippen LogP contribution in [0, 0.1) is 0 Å². The molecule has 0 aliphatic carbocycles. The summed E-state index contributed by atoms with van der Waals surface area (Å²) >= 11 is 10.4. The first-order chi connectivity index (χ1) is 8.11. The molecule has 1 heterocycles. The molecule has 0 N–H and O–H groups in total. The van der Waals surface area contributed by atoms with Crippen LogP contribution in [0.5, 0.6) is 0 Å². The molecule has 0 amide bonds. The molecule has 0 atom stereocenters. The van der Waals surface area contributed by atoms with Gasteiger partial charge in [-0.25, -0.2) is 9.97 Å². The van der Waals surface area contributed by atoms with Gasteiger partial charge in [0.25, 0.3) is 0 Å². The van der Waals surface area contributed by atoms with Crippen LogP contribution in [0.15, 0.2) is 38.2 Å². The summed E-state index contributed by atoms with van der Waals surface area (Å²) in [5.74, 6) is 0. The number of nitrogens with zero attached hydrogens (tertiary/aromatic N) is 2. The lowest BCUT2D eigenvalue weighted by molar-refractivity contribution is 1.11. The fraction of sp³-hybridized carbons (Fsp3) is 0.167. The number of halogens is 3. The van der Waals surface area contributed by atoms with Crippen molar-refractivity contribution in [3.05, 3.63) is 43.8 Å². The molecule has 0 bridgehead atoms. The first-order valence-corrected chi connectivity index (χ1v) is 7.45. The zero-order valence-electron chi connectivity index (χ0n) is 9.04. The highest BCUT2D eigenvalue weighted by molar-refractivity contribution is 9.11. The van der Waals surface area contributed by atoms with Crippen LogP contribution in [-0.2, 0) is 6.42 Å². The lowest BCUT2D eigenvalue weighted by Gasteiger charge is -2.09. The number of hydrogen-bond donors (Lipinski definition) is 0. The van der Waals surface area contributed by atoms with Crippen molar-refractivity contribution in [2.45, 2.75) is 13.3 Å². The van der Waals surface area contributed by atoms with E-state index in [0.29, 0.717) is 4.73 Å². The molecule has 2 aromatic rings. The molecule has 0 spiro atoms. The number of hydrogen-bond acceptors (Lipinski definition) is 2. The van der Waals surface area contributed by atoms with E-state index in [1.165, 1.54) is 5.56 Å². The molecule has 0 unspecified atom stereocenters. The lowest BCUT2D eigenvalue weighted by atomic mass is 10.1. The van der Waals surface area contributed by atoms with Crippen LogP contribution in [-0.4, -0.2) is 9.97 Å². The number of rotatable bonds is 2. The Labute approximate surface area is 125 Å². The van der Waals surface area contributed by atoms with E-state index in [1.807, 2.05) is 0 Å². The molecule has 0 radical (unpaired) electrons. The van der Waals surface area contributed by atoms with Crippen molar-refractivity contribution in [2.75, 3.05) is 0 Å². The van der Waals surface area contributed by atoms with Crippen LogP contribution in [0.2, 0.25) is 0 Å². The Morgan fingerprint density at radius 3 is 2.00 bits per heavy atom. The van der Waals surface area contributed by atoms with Crippen molar-refractivity contribution >= 4 is 47.8 Å². The van der Waals surface area contributed by atoms with Crippen molar-refractivity contribution in [2.24, 2.45) is 0 Å². The SMILES string of the molecule is CCc1cc(Br)c(-c2cnc(Br)nc2)c(Br)c1. The van der Waals surface area contributed by atoms with E-state index in [-0.39, 0.29) is 0 Å². The molecule has 0 aliphatic heterocycles. The molecule has 0 fully saturated rings. The average Bonchev–Trinajstić information content (AvgIpc) is 2.30. The summed E-state index contributed by atoms with van der Waals surface area (Å²) in [6.45, 7) is 2.14. The summed E-state index contributed by atoms with van der Waals surface area (Å²) in [4.78, 5) is 8.29. The Morgan fingerprint density at radius 1 is 1.00 bits per heavy atom. The normalized spacial score (nSPS) is 10.6. The van der Waals surface area contributed by atoms with Crippen molar-refractivity contribution in [3.8, 4) is 11.1 Å². The van der Waals surface area contributed by atoms with Crippen molar-refractivity contribution in [1.29, 1.82) is 0 Å².